The summed E-state index contributed by atoms with van der Waals surface area (Å²) in [7, 11) is 0. The fourth-order valence-corrected chi connectivity index (χ4v) is 1.60. The van der Waals surface area contributed by atoms with Gasteiger partial charge in [0.15, 0.2) is 0 Å². The molecule has 1 aromatic heterocycles. The number of carbonyl (C=O) groups is 1. The summed E-state index contributed by atoms with van der Waals surface area (Å²) in [6.45, 7) is -0.122. The second kappa shape index (κ2) is 5.26. The molecular weight excluding hydrogens is 259 g/mol. The monoisotopic (exact) mass is 267 g/mol. The number of halogens is 3. The molecule has 17 heavy (non-hydrogen) atoms. The van der Waals surface area contributed by atoms with Crippen molar-refractivity contribution in [1.29, 1.82) is 0 Å². The van der Waals surface area contributed by atoms with Crippen LogP contribution in [0.5, 0.6) is 0 Å². The van der Waals surface area contributed by atoms with Crippen LogP contribution in [-0.2, 0) is 6.54 Å². The van der Waals surface area contributed by atoms with E-state index in [1.807, 2.05) is 0 Å². The average Bonchev–Trinajstić information content (AvgIpc) is 2.18. The summed E-state index contributed by atoms with van der Waals surface area (Å²) in [5, 5.41) is 8.58. The lowest BCUT2D eigenvalue weighted by molar-refractivity contribution is -0.0328. The third-order valence-corrected chi connectivity index (χ3v) is 2.55. The zero-order valence-electron chi connectivity index (χ0n) is 8.40. The molecule has 1 N–H and O–H groups in total. The molecule has 1 rings (SSSR count). The fourth-order valence-electron chi connectivity index (χ4n) is 1.09. The number of carboxylic acids is 1. The van der Waals surface area contributed by atoms with E-state index >= 15 is 0 Å². The van der Waals surface area contributed by atoms with E-state index in [-0.39, 0.29) is 29.6 Å². The Morgan fingerprint density at radius 1 is 1.47 bits per heavy atom. The van der Waals surface area contributed by atoms with Crippen LogP contribution in [0.4, 0.5) is 13.2 Å². The fraction of sp³-hybridized carbons (Fsp3) is 0.333. The predicted molar refractivity (Wildman–Crippen MR) is 56.2 cm³/mol. The Morgan fingerprint density at radius 2 is 2.12 bits per heavy atom. The van der Waals surface area contributed by atoms with Crippen molar-refractivity contribution in [3.05, 3.63) is 34.2 Å². The van der Waals surface area contributed by atoms with Crippen molar-refractivity contribution >= 4 is 17.7 Å². The van der Waals surface area contributed by atoms with Crippen LogP contribution in [0.2, 0.25) is 0 Å². The maximum absolute atomic E-state index is 11.8. The summed E-state index contributed by atoms with van der Waals surface area (Å²) in [4.78, 5) is 21.8. The molecule has 0 saturated carbocycles. The molecule has 0 bridgehead atoms. The van der Waals surface area contributed by atoms with Gasteiger partial charge in [0.05, 0.1) is 5.56 Å². The number of pyridine rings is 1. The Kier molecular flexibility index (Phi) is 4.22. The number of hydrogen-bond donors (Lipinski definition) is 1. The van der Waals surface area contributed by atoms with Crippen molar-refractivity contribution in [3.8, 4) is 0 Å². The van der Waals surface area contributed by atoms with E-state index < -0.39 is 17.0 Å². The third kappa shape index (κ3) is 4.51. The Bertz CT molecular complexity index is 469. The van der Waals surface area contributed by atoms with Crippen molar-refractivity contribution in [3.63, 3.8) is 0 Å². The molecule has 0 radical (unpaired) electrons. The molecule has 94 valence electrons. The van der Waals surface area contributed by atoms with E-state index in [0.29, 0.717) is 0 Å². The molecule has 0 unspecified atom stereocenters. The number of aryl methyl sites for hydroxylation is 1. The van der Waals surface area contributed by atoms with Gasteiger partial charge in [-0.3, -0.25) is 4.79 Å². The highest BCUT2D eigenvalue weighted by Gasteiger charge is 2.27. The van der Waals surface area contributed by atoms with Crippen molar-refractivity contribution in [2.45, 2.75) is 12.1 Å². The van der Waals surface area contributed by atoms with Crippen molar-refractivity contribution < 1.29 is 23.1 Å². The van der Waals surface area contributed by atoms with Crippen LogP contribution >= 0.6 is 11.8 Å². The normalized spacial score (nSPS) is 11.5. The molecular formula is C9H8F3NO3S. The van der Waals surface area contributed by atoms with E-state index in [9.17, 15) is 22.8 Å². The molecule has 0 aliphatic heterocycles. The summed E-state index contributed by atoms with van der Waals surface area (Å²) < 4.78 is 36.5. The van der Waals surface area contributed by atoms with Gasteiger partial charge in [0, 0.05) is 24.6 Å². The molecule has 0 aliphatic carbocycles. The number of carboxylic acid groups (broad SMARTS) is 1. The first kappa shape index (κ1) is 13.6. The van der Waals surface area contributed by atoms with Gasteiger partial charge in [-0.15, -0.1) is 0 Å². The highest BCUT2D eigenvalue weighted by molar-refractivity contribution is 8.00. The minimum Gasteiger partial charge on any atom is -0.478 e. The topological polar surface area (TPSA) is 59.3 Å². The van der Waals surface area contributed by atoms with Crippen LogP contribution in [0.15, 0.2) is 23.1 Å². The maximum Gasteiger partial charge on any atom is 0.441 e. The van der Waals surface area contributed by atoms with Crippen LogP contribution in [0.3, 0.4) is 0 Å². The molecule has 1 heterocycles. The number of hydrogen-bond acceptors (Lipinski definition) is 3. The minimum atomic E-state index is -4.33. The lowest BCUT2D eigenvalue weighted by Gasteiger charge is -2.07. The number of thioether (sulfide) groups is 1. The van der Waals surface area contributed by atoms with Gasteiger partial charge in [-0.2, -0.15) is 13.2 Å². The first-order chi connectivity index (χ1) is 7.79. The van der Waals surface area contributed by atoms with Crippen molar-refractivity contribution in [1.82, 2.24) is 4.57 Å². The molecule has 0 aliphatic rings. The van der Waals surface area contributed by atoms with Gasteiger partial charge in [0.2, 0.25) is 0 Å². The van der Waals surface area contributed by atoms with E-state index in [0.717, 1.165) is 10.6 Å². The van der Waals surface area contributed by atoms with E-state index in [2.05, 4.69) is 0 Å². The molecule has 8 heteroatoms. The lowest BCUT2D eigenvalue weighted by Crippen LogP contribution is -2.21. The molecule has 0 amide bonds. The smallest absolute Gasteiger partial charge is 0.441 e. The summed E-state index contributed by atoms with van der Waals surface area (Å²) in [6, 6.07) is 2.04. The van der Waals surface area contributed by atoms with E-state index in [1.54, 1.807) is 0 Å². The molecule has 0 saturated heterocycles. The van der Waals surface area contributed by atoms with Gasteiger partial charge in [0.25, 0.3) is 5.56 Å². The summed E-state index contributed by atoms with van der Waals surface area (Å²) in [5.74, 6) is -1.55. The molecule has 0 spiro atoms. The van der Waals surface area contributed by atoms with Gasteiger partial charge < -0.3 is 9.67 Å². The minimum absolute atomic E-state index is 0.122. The largest absolute Gasteiger partial charge is 0.478 e. The predicted octanol–water partition coefficient (Wildman–Crippen LogP) is 1.80. The third-order valence-electron chi connectivity index (χ3n) is 1.84. The number of aromatic nitrogens is 1. The quantitative estimate of drug-likeness (QED) is 0.903. The summed E-state index contributed by atoms with van der Waals surface area (Å²) >= 11 is -0.228. The van der Waals surface area contributed by atoms with E-state index in [1.165, 1.54) is 12.3 Å². The highest BCUT2D eigenvalue weighted by atomic mass is 32.2. The molecule has 0 atom stereocenters. The van der Waals surface area contributed by atoms with Crippen LogP contribution in [0, 0.1) is 0 Å². The van der Waals surface area contributed by atoms with Gasteiger partial charge in [0.1, 0.15) is 0 Å². The number of nitrogens with zero attached hydrogens (tertiary/aromatic N) is 1. The zero-order chi connectivity index (χ0) is 13.1. The van der Waals surface area contributed by atoms with Gasteiger partial charge in [-0.05, 0) is 17.8 Å². The Morgan fingerprint density at radius 3 is 2.59 bits per heavy atom. The standard InChI is InChI=1S/C9H8F3NO3S/c10-9(11,12)17-4-3-13-2-1-6(8(15)16)5-7(13)14/h1-2,5H,3-4H2,(H,15,16). The Labute approximate surface area is 98.1 Å². The van der Waals surface area contributed by atoms with Crippen molar-refractivity contribution in [2.75, 3.05) is 5.75 Å². The van der Waals surface area contributed by atoms with Crippen LogP contribution < -0.4 is 5.56 Å². The number of aromatic carboxylic acids is 1. The SMILES string of the molecule is O=C(O)c1ccn(CCSC(F)(F)F)c(=O)c1. The average molecular weight is 267 g/mol. The zero-order valence-corrected chi connectivity index (χ0v) is 9.22. The first-order valence-electron chi connectivity index (χ1n) is 4.44. The highest BCUT2D eigenvalue weighted by Crippen LogP contribution is 2.29. The van der Waals surface area contributed by atoms with Gasteiger partial charge in [-0.1, -0.05) is 0 Å². The lowest BCUT2D eigenvalue weighted by atomic mass is 10.3. The van der Waals surface area contributed by atoms with Crippen LogP contribution in [-0.4, -0.2) is 26.9 Å². The maximum atomic E-state index is 11.8. The Hall–Kier alpha value is -1.44. The van der Waals surface area contributed by atoms with E-state index in [4.69, 9.17) is 5.11 Å². The number of rotatable bonds is 4. The number of alkyl halides is 3. The first-order valence-corrected chi connectivity index (χ1v) is 5.42. The van der Waals surface area contributed by atoms with Crippen molar-refractivity contribution in [2.24, 2.45) is 0 Å². The second-order valence-electron chi connectivity index (χ2n) is 3.05. The van der Waals surface area contributed by atoms with Gasteiger partial charge >= 0.3 is 11.5 Å². The molecule has 1 aromatic rings. The van der Waals surface area contributed by atoms with Crippen LogP contribution in [0.25, 0.3) is 0 Å². The van der Waals surface area contributed by atoms with Crippen LogP contribution in [0.1, 0.15) is 10.4 Å². The second-order valence-corrected chi connectivity index (χ2v) is 4.21. The van der Waals surface area contributed by atoms with Gasteiger partial charge in [-0.25, -0.2) is 4.79 Å². The molecule has 0 fully saturated rings. The molecule has 0 aromatic carbocycles. The Balaban J connectivity index is 2.68. The summed E-state index contributed by atoms with van der Waals surface area (Å²) in [6.07, 6.45) is 1.17. The molecule has 4 nitrogen and oxygen atoms in total. The summed E-state index contributed by atoms with van der Waals surface area (Å²) in [5.41, 5.74) is -5.15.